The SMILES string of the molecule is CCN1C(=S)NC(c2ccc(NC(=O)Nc3ccccc3)cc2)C(C(=O)OCC(C)C)=C1C. The highest BCUT2D eigenvalue weighted by molar-refractivity contribution is 7.80. The van der Waals surface area contributed by atoms with Gasteiger partial charge in [0.1, 0.15) is 0 Å². The second-order valence-electron chi connectivity index (χ2n) is 8.19. The molecule has 8 heteroatoms. The minimum Gasteiger partial charge on any atom is -0.462 e. The lowest BCUT2D eigenvalue weighted by molar-refractivity contribution is -0.140. The van der Waals surface area contributed by atoms with Crippen LogP contribution in [0.2, 0.25) is 0 Å². The number of anilines is 2. The molecule has 7 nitrogen and oxygen atoms in total. The summed E-state index contributed by atoms with van der Waals surface area (Å²) in [6.45, 7) is 8.86. The minimum absolute atomic E-state index is 0.237. The van der Waals surface area contributed by atoms with Crippen molar-refractivity contribution in [3.63, 3.8) is 0 Å². The Hall–Kier alpha value is -3.39. The van der Waals surface area contributed by atoms with Crippen molar-refractivity contribution < 1.29 is 14.3 Å². The van der Waals surface area contributed by atoms with E-state index in [4.69, 9.17) is 17.0 Å². The number of benzene rings is 2. The number of urea groups is 1. The van der Waals surface area contributed by atoms with Gasteiger partial charge in [0.05, 0.1) is 18.2 Å². The highest BCUT2D eigenvalue weighted by atomic mass is 32.1. The molecule has 174 valence electrons. The lowest BCUT2D eigenvalue weighted by atomic mass is 9.95. The van der Waals surface area contributed by atoms with Crippen LogP contribution in [-0.4, -0.2) is 35.2 Å². The van der Waals surface area contributed by atoms with E-state index in [0.29, 0.717) is 35.2 Å². The second kappa shape index (κ2) is 11.0. The number of carbonyl (C=O) groups is 2. The lowest BCUT2D eigenvalue weighted by Crippen LogP contribution is -2.47. The number of thiocarbonyl (C=S) groups is 1. The van der Waals surface area contributed by atoms with Crippen molar-refractivity contribution in [2.75, 3.05) is 23.8 Å². The predicted molar refractivity (Wildman–Crippen MR) is 135 cm³/mol. The zero-order valence-electron chi connectivity index (χ0n) is 19.3. The van der Waals surface area contributed by atoms with Gasteiger partial charge >= 0.3 is 12.0 Å². The third-order valence-corrected chi connectivity index (χ3v) is 5.55. The molecule has 0 saturated carbocycles. The number of ether oxygens (including phenoxy) is 1. The summed E-state index contributed by atoms with van der Waals surface area (Å²) >= 11 is 5.53. The third kappa shape index (κ3) is 6.10. The average molecular weight is 467 g/mol. The molecule has 0 bridgehead atoms. The Morgan fingerprint density at radius 2 is 1.67 bits per heavy atom. The molecule has 1 heterocycles. The number of allylic oxidation sites excluding steroid dienone is 1. The number of hydrogen-bond donors (Lipinski definition) is 3. The lowest BCUT2D eigenvalue weighted by Gasteiger charge is -2.37. The van der Waals surface area contributed by atoms with E-state index in [1.54, 1.807) is 12.1 Å². The molecule has 0 saturated heterocycles. The number of esters is 1. The number of amides is 2. The summed E-state index contributed by atoms with van der Waals surface area (Å²) in [6, 6.07) is 15.8. The van der Waals surface area contributed by atoms with Crippen LogP contribution in [0.15, 0.2) is 65.9 Å². The van der Waals surface area contributed by atoms with Crippen molar-refractivity contribution in [3.8, 4) is 0 Å². The van der Waals surface area contributed by atoms with E-state index in [1.165, 1.54) is 0 Å². The quantitative estimate of drug-likeness (QED) is 0.391. The van der Waals surface area contributed by atoms with E-state index >= 15 is 0 Å². The van der Waals surface area contributed by atoms with Crippen molar-refractivity contribution in [2.24, 2.45) is 5.92 Å². The summed E-state index contributed by atoms with van der Waals surface area (Å²) in [7, 11) is 0. The normalized spacial score (nSPS) is 15.8. The molecule has 0 aromatic heterocycles. The molecule has 1 atom stereocenters. The van der Waals surface area contributed by atoms with Crippen LogP contribution in [0.4, 0.5) is 16.2 Å². The first-order valence-corrected chi connectivity index (χ1v) is 11.4. The first-order chi connectivity index (χ1) is 15.8. The molecule has 3 N–H and O–H groups in total. The number of rotatable bonds is 7. The van der Waals surface area contributed by atoms with Crippen LogP contribution in [0.3, 0.4) is 0 Å². The molecule has 0 fully saturated rings. The van der Waals surface area contributed by atoms with E-state index in [0.717, 1.165) is 11.3 Å². The van der Waals surface area contributed by atoms with Crippen LogP contribution < -0.4 is 16.0 Å². The summed E-state index contributed by atoms with van der Waals surface area (Å²) in [4.78, 5) is 27.2. The standard InChI is InChI=1S/C25H30N4O3S/c1-5-29-17(4)21(23(30)32-15-16(2)3)22(28-25(29)33)18-11-13-20(14-12-18)27-24(31)26-19-9-7-6-8-10-19/h6-14,16,22H,5,15H2,1-4H3,(H,28,33)(H2,26,27,31). The second-order valence-corrected chi connectivity index (χ2v) is 8.57. The van der Waals surface area contributed by atoms with Gasteiger partial charge in [-0.1, -0.05) is 44.2 Å². The van der Waals surface area contributed by atoms with E-state index in [-0.39, 0.29) is 17.9 Å². The van der Waals surface area contributed by atoms with Crippen LogP contribution in [0.1, 0.15) is 39.3 Å². The summed E-state index contributed by atoms with van der Waals surface area (Å²) in [5.74, 6) is -0.121. The van der Waals surface area contributed by atoms with Gasteiger partial charge in [-0.3, -0.25) is 0 Å². The van der Waals surface area contributed by atoms with Crippen LogP contribution in [0.5, 0.6) is 0 Å². The van der Waals surface area contributed by atoms with Gasteiger partial charge in [-0.15, -0.1) is 0 Å². The zero-order valence-corrected chi connectivity index (χ0v) is 20.2. The van der Waals surface area contributed by atoms with E-state index in [2.05, 4.69) is 16.0 Å². The summed E-state index contributed by atoms with van der Waals surface area (Å²) in [5, 5.41) is 9.43. The highest BCUT2D eigenvalue weighted by Crippen LogP contribution is 2.32. The van der Waals surface area contributed by atoms with Gasteiger partial charge in [-0.2, -0.15) is 0 Å². The molecule has 2 amide bonds. The zero-order chi connectivity index (χ0) is 24.0. The fraction of sp³-hybridized carbons (Fsp3) is 0.320. The van der Waals surface area contributed by atoms with Crippen molar-refractivity contribution in [1.82, 2.24) is 10.2 Å². The molecule has 33 heavy (non-hydrogen) atoms. The van der Waals surface area contributed by atoms with E-state index in [1.807, 2.05) is 75.1 Å². The number of carbonyl (C=O) groups excluding carboxylic acids is 2. The highest BCUT2D eigenvalue weighted by Gasteiger charge is 2.34. The summed E-state index contributed by atoms with van der Waals surface area (Å²) < 4.78 is 5.55. The van der Waals surface area contributed by atoms with Gasteiger partial charge in [-0.05, 0) is 61.8 Å². The fourth-order valence-electron chi connectivity index (χ4n) is 3.57. The summed E-state index contributed by atoms with van der Waals surface area (Å²) in [5.41, 5.74) is 3.50. The predicted octanol–water partition coefficient (Wildman–Crippen LogP) is 5.05. The number of para-hydroxylation sites is 1. The molecule has 2 aromatic rings. The van der Waals surface area contributed by atoms with E-state index in [9.17, 15) is 9.59 Å². The van der Waals surface area contributed by atoms with Gasteiger partial charge < -0.3 is 25.6 Å². The Morgan fingerprint density at radius 3 is 2.24 bits per heavy atom. The van der Waals surface area contributed by atoms with Crippen LogP contribution in [0, 0.1) is 5.92 Å². The minimum atomic E-state index is -0.438. The Bertz CT molecular complexity index is 1040. The first-order valence-electron chi connectivity index (χ1n) is 11.0. The van der Waals surface area contributed by atoms with Gasteiger partial charge in [0.25, 0.3) is 0 Å². The van der Waals surface area contributed by atoms with Crippen molar-refractivity contribution >= 4 is 40.7 Å². The Labute approximate surface area is 200 Å². The van der Waals surface area contributed by atoms with Crippen molar-refractivity contribution in [3.05, 3.63) is 71.4 Å². The van der Waals surface area contributed by atoms with Crippen molar-refractivity contribution in [2.45, 2.75) is 33.7 Å². The maximum Gasteiger partial charge on any atom is 0.338 e. The van der Waals surface area contributed by atoms with Gasteiger partial charge in [0, 0.05) is 23.6 Å². The van der Waals surface area contributed by atoms with Gasteiger partial charge in [-0.25, -0.2) is 9.59 Å². The topological polar surface area (TPSA) is 82.7 Å². The molecule has 1 aliphatic rings. The van der Waals surface area contributed by atoms with E-state index < -0.39 is 6.04 Å². The monoisotopic (exact) mass is 466 g/mol. The number of nitrogens with one attached hydrogen (secondary N) is 3. The van der Waals surface area contributed by atoms with Gasteiger partial charge in [0.2, 0.25) is 0 Å². The number of nitrogens with zero attached hydrogens (tertiary/aromatic N) is 1. The third-order valence-electron chi connectivity index (χ3n) is 5.21. The molecular formula is C25H30N4O3S. The van der Waals surface area contributed by atoms with Gasteiger partial charge in [0.15, 0.2) is 5.11 Å². The molecule has 2 aromatic carbocycles. The molecular weight excluding hydrogens is 436 g/mol. The fourth-order valence-corrected chi connectivity index (χ4v) is 3.95. The summed E-state index contributed by atoms with van der Waals surface area (Å²) in [6.07, 6.45) is 0. The molecule has 0 aliphatic carbocycles. The molecule has 0 spiro atoms. The van der Waals surface area contributed by atoms with Crippen LogP contribution >= 0.6 is 12.2 Å². The molecule has 1 aliphatic heterocycles. The smallest absolute Gasteiger partial charge is 0.338 e. The first kappa shape index (κ1) is 24.3. The number of hydrogen-bond acceptors (Lipinski definition) is 4. The van der Waals surface area contributed by atoms with Crippen molar-refractivity contribution in [1.29, 1.82) is 0 Å². The maximum atomic E-state index is 13.0. The molecule has 1 unspecified atom stereocenters. The molecule has 3 rings (SSSR count). The largest absolute Gasteiger partial charge is 0.462 e. The maximum absolute atomic E-state index is 13.0. The van der Waals surface area contributed by atoms with Crippen LogP contribution in [-0.2, 0) is 9.53 Å². The van der Waals surface area contributed by atoms with Crippen LogP contribution in [0.25, 0.3) is 0 Å². The average Bonchev–Trinajstić information content (AvgIpc) is 2.78. The molecule has 0 radical (unpaired) electrons. The Morgan fingerprint density at radius 1 is 1.06 bits per heavy atom. The Kier molecular flexibility index (Phi) is 8.06. The Balaban J connectivity index is 1.79.